The Hall–Kier alpha value is -1.35. The molecule has 1 amide bonds. The molecular formula is C17H26N2O. The average molecular weight is 274 g/mol. The molecule has 20 heavy (non-hydrogen) atoms. The second-order valence-electron chi connectivity index (χ2n) is 6.55. The molecule has 3 heteroatoms. The number of benzene rings is 1. The van der Waals surface area contributed by atoms with Gasteiger partial charge in [0.25, 0.3) is 0 Å². The fraction of sp³-hybridized carbons (Fsp3) is 0.588. The Morgan fingerprint density at radius 2 is 1.95 bits per heavy atom. The van der Waals surface area contributed by atoms with Gasteiger partial charge in [0.1, 0.15) is 0 Å². The van der Waals surface area contributed by atoms with Gasteiger partial charge in [0.05, 0.1) is 5.41 Å². The molecule has 110 valence electrons. The number of hydrogen-bond donors (Lipinski definition) is 1. The zero-order valence-electron chi connectivity index (χ0n) is 13.1. The third-order valence-corrected chi connectivity index (χ3v) is 3.94. The van der Waals surface area contributed by atoms with Gasteiger partial charge in [-0.1, -0.05) is 32.0 Å². The van der Waals surface area contributed by atoms with Gasteiger partial charge >= 0.3 is 0 Å². The maximum Gasteiger partial charge on any atom is 0.237 e. The van der Waals surface area contributed by atoms with Crippen molar-refractivity contribution in [2.75, 3.05) is 24.5 Å². The lowest BCUT2D eigenvalue weighted by Gasteiger charge is -2.20. The van der Waals surface area contributed by atoms with E-state index in [4.69, 9.17) is 0 Å². The normalized spacial score (nSPS) is 16.9. The van der Waals surface area contributed by atoms with E-state index in [2.05, 4.69) is 31.3 Å². The Kier molecular flexibility index (Phi) is 4.48. The molecule has 0 saturated heterocycles. The molecule has 0 aliphatic carbocycles. The molecule has 0 unspecified atom stereocenters. The number of hydrogen-bond acceptors (Lipinski definition) is 2. The second-order valence-corrected chi connectivity index (χ2v) is 6.55. The number of nitrogens with zero attached hydrogens (tertiary/aromatic N) is 1. The number of fused-ring (bicyclic) bond motifs is 1. The Balaban J connectivity index is 1.97. The highest BCUT2D eigenvalue weighted by molar-refractivity contribution is 6.07. The van der Waals surface area contributed by atoms with Crippen molar-refractivity contribution in [3.8, 4) is 0 Å². The van der Waals surface area contributed by atoms with Crippen LogP contribution in [0.3, 0.4) is 0 Å². The van der Waals surface area contributed by atoms with E-state index in [1.807, 2.05) is 30.9 Å². The number of anilines is 1. The van der Waals surface area contributed by atoms with Crippen LogP contribution in [-0.4, -0.2) is 25.5 Å². The van der Waals surface area contributed by atoms with Gasteiger partial charge in [-0.05, 0) is 50.9 Å². The maximum absolute atomic E-state index is 12.6. The first kappa shape index (κ1) is 15.0. The Bertz CT molecular complexity index is 480. The van der Waals surface area contributed by atoms with Crippen molar-refractivity contribution in [3.05, 3.63) is 29.8 Å². The molecule has 1 N–H and O–H groups in total. The molecule has 0 aromatic heterocycles. The largest absolute Gasteiger partial charge is 0.316 e. The minimum absolute atomic E-state index is 0.225. The summed E-state index contributed by atoms with van der Waals surface area (Å²) in [6.07, 6.45) is 0.989. The van der Waals surface area contributed by atoms with E-state index < -0.39 is 0 Å². The molecule has 1 heterocycles. The molecule has 0 radical (unpaired) electrons. The van der Waals surface area contributed by atoms with Crippen molar-refractivity contribution in [2.45, 2.75) is 39.5 Å². The van der Waals surface area contributed by atoms with E-state index >= 15 is 0 Å². The van der Waals surface area contributed by atoms with Gasteiger partial charge in [0.15, 0.2) is 0 Å². The summed E-state index contributed by atoms with van der Waals surface area (Å²) < 4.78 is 0. The van der Waals surface area contributed by atoms with Crippen molar-refractivity contribution < 1.29 is 4.79 Å². The molecule has 1 aromatic carbocycles. The van der Waals surface area contributed by atoms with Crippen molar-refractivity contribution in [3.63, 3.8) is 0 Å². The van der Waals surface area contributed by atoms with Crippen LogP contribution >= 0.6 is 0 Å². The molecule has 0 saturated carbocycles. The van der Waals surface area contributed by atoms with Crippen molar-refractivity contribution in [2.24, 2.45) is 5.92 Å². The molecular weight excluding hydrogens is 248 g/mol. The van der Waals surface area contributed by atoms with Crippen LogP contribution in [0.5, 0.6) is 0 Å². The first-order valence-electron chi connectivity index (χ1n) is 7.56. The van der Waals surface area contributed by atoms with Gasteiger partial charge in [0.2, 0.25) is 5.91 Å². The van der Waals surface area contributed by atoms with Gasteiger partial charge in [0, 0.05) is 12.2 Å². The van der Waals surface area contributed by atoms with Crippen molar-refractivity contribution >= 4 is 11.6 Å². The van der Waals surface area contributed by atoms with Gasteiger partial charge < -0.3 is 10.2 Å². The van der Waals surface area contributed by atoms with E-state index in [1.165, 1.54) is 0 Å². The predicted octanol–water partition coefficient (Wildman–Crippen LogP) is 2.95. The summed E-state index contributed by atoms with van der Waals surface area (Å²) in [6.45, 7) is 11.2. The van der Waals surface area contributed by atoms with Gasteiger partial charge in [-0.3, -0.25) is 4.79 Å². The molecule has 2 rings (SSSR count). The Labute approximate surface area is 122 Å². The highest BCUT2D eigenvalue weighted by Crippen LogP contribution is 2.41. The maximum atomic E-state index is 12.6. The smallest absolute Gasteiger partial charge is 0.237 e. The third-order valence-electron chi connectivity index (χ3n) is 3.94. The Morgan fingerprint density at radius 3 is 2.65 bits per heavy atom. The first-order chi connectivity index (χ1) is 9.44. The van der Waals surface area contributed by atoms with Crippen LogP contribution < -0.4 is 10.2 Å². The quantitative estimate of drug-likeness (QED) is 0.809. The molecule has 1 aliphatic heterocycles. The van der Waals surface area contributed by atoms with E-state index in [9.17, 15) is 4.79 Å². The lowest BCUT2D eigenvalue weighted by Crippen LogP contribution is -2.37. The summed E-state index contributed by atoms with van der Waals surface area (Å²) in [4.78, 5) is 14.5. The molecule has 3 nitrogen and oxygen atoms in total. The number of nitrogens with one attached hydrogen (secondary N) is 1. The minimum atomic E-state index is -0.387. The van der Waals surface area contributed by atoms with Crippen LogP contribution in [0, 0.1) is 5.92 Å². The average Bonchev–Trinajstić information content (AvgIpc) is 2.59. The van der Waals surface area contributed by atoms with Crippen LogP contribution in [0.1, 0.15) is 39.7 Å². The lowest BCUT2D eigenvalue weighted by atomic mass is 9.86. The molecule has 0 bridgehead atoms. The van der Waals surface area contributed by atoms with Crippen molar-refractivity contribution in [1.29, 1.82) is 0 Å². The fourth-order valence-electron chi connectivity index (χ4n) is 2.77. The highest BCUT2D eigenvalue weighted by Gasteiger charge is 2.43. The SMILES string of the molecule is CC(C)CNCCCN1C(=O)C(C)(C)c2ccccc21. The number of para-hydroxylation sites is 1. The third kappa shape index (κ3) is 2.88. The molecule has 1 aromatic rings. The van der Waals surface area contributed by atoms with Crippen molar-refractivity contribution in [1.82, 2.24) is 5.32 Å². The zero-order valence-corrected chi connectivity index (χ0v) is 13.1. The van der Waals surface area contributed by atoms with Gasteiger partial charge in [-0.2, -0.15) is 0 Å². The van der Waals surface area contributed by atoms with Crippen LogP contribution in [0.2, 0.25) is 0 Å². The van der Waals surface area contributed by atoms with Crippen LogP contribution in [0.25, 0.3) is 0 Å². The summed E-state index contributed by atoms with van der Waals surface area (Å²) in [5.41, 5.74) is 1.86. The second kappa shape index (κ2) is 5.96. The fourth-order valence-corrected chi connectivity index (χ4v) is 2.77. The Morgan fingerprint density at radius 1 is 1.25 bits per heavy atom. The highest BCUT2D eigenvalue weighted by atomic mass is 16.2. The molecule has 1 aliphatic rings. The number of amides is 1. The van der Waals surface area contributed by atoms with E-state index in [0.717, 1.165) is 37.3 Å². The van der Waals surface area contributed by atoms with Crippen LogP contribution in [-0.2, 0) is 10.2 Å². The van der Waals surface area contributed by atoms with E-state index in [1.54, 1.807) is 0 Å². The topological polar surface area (TPSA) is 32.3 Å². The monoisotopic (exact) mass is 274 g/mol. The van der Waals surface area contributed by atoms with Crippen LogP contribution in [0.15, 0.2) is 24.3 Å². The van der Waals surface area contributed by atoms with Crippen LogP contribution in [0.4, 0.5) is 5.69 Å². The summed E-state index contributed by atoms with van der Waals surface area (Å²) in [7, 11) is 0. The molecule has 0 fully saturated rings. The van der Waals surface area contributed by atoms with Gasteiger partial charge in [-0.25, -0.2) is 0 Å². The molecule has 0 atom stereocenters. The van der Waals surface area contributed by atoms with E-state index in [-0.39, 0.29) is 11.3 Å². The summed E-state index contributed by atoms with van der Waals surface area (Å²) >= 11 is 0. The summed E-state index contributed by atoms with van der Waals surface area (Å²) in [6, 6.07) is 8.16. The summed E-state index contributed by atoms with van der Waals surface area (Å²) in [5.74, 6) is 0.894. The first-order valence-corrected chi connectivity index (χ1v) is 7.56. The number of carbonyl (C=O) groups excluding carboxylic acids is 1. The summed E-state index contributed by atoms with van der Waals surface area (Å²) in [5, 5.41) is 3.43. The number of carbonyl (C=O) groups is 1. The molecule has 0 spiro atoms. The minimum Gasteiger partial charge on any atom is -0.316 e. The standard InChI is InChI=1S/C17H26N2O/c1-13(2)12-18-10-7-11-19-15-9-6-5-8-14(15)17(3,4)16(19)20/h5-6,8-9,13,18H,7,10-12H2,1-4H3. The lowest BCUT2D eigenvalue weighted by molar-refractivity contribution is -0.122. The zero-order chi connectivity index (χ0) is 14.8. The predicted molar refractivity (Wildman–Crippen MR) is 84.1 cm³/mol. The number of rotatable bonds is 6. The van der Waals surface area contributed by atoms with E-state index in [0.29, 0.717) is 5.92 Å². The van der Waals surface area contributed by atoms with Gasteiger partial charge in [-0.15, -0.1) is 0 Å².